The molecule has 1 heterocycles. The molecule has 0 aliphatic heterocycles. The Morgan fingerprint density at radius 2 is 1.67 bits per heavy atom. The van der Waals surface area contributed by atoms with E-state index in [0.29, 0.717) is 0 Å². The van der Waals surface area contributed by atoms with Crippen LogP contribution in [-0.2, 0) is 12.8 Å². The zero-order valence-corrected chi connectivity index (χ0v) is 11.7. The molecule has 0 aliphatic carbocycles. The highest BCUT2D eigenvalue weighted by Crippen LogP contribution is 2.22. The molecule has 0 unspecified atom stereocenters. The molecule has 0 atom stereocenters. The van der Waals surface area contributed by atoms with Crippen molar-refractivity contribution in [1.29, 1.82) is 0 Å². The third-order valence-electron chi connectivity index (χ3n) is 3.53. The zero-order valence-electron chi connectivity index (χ0n) is 11.7. The lowest BCUT2D eigenvalue weighted by Gasteiger charge is -2.09. The van der Waals surface area contributed by atoms with Crippen LogP contribution in [0.15, 0.2) is 72.9 Å². The Balaban J connectivity index is 1.83. The van der Waals surface area contributed by atoms with Gasteiger partial charge in [-0.3, -0.25) is 4.98 Å². The van der Waals surface area contributed by atoms with Gasteiger partial charge in [-0.15, -0.1) is 0 Å². The van der Waals surface area contributed by atoms with Gasteiger partial charge < -0.3 is 0 Å². The van der Waals surface area contributed by atoms with Gasteiger partial charge in [-0.05, 0) is 48.2 Å². The van der Waals surface area contributed by atoms with E-state index in [-0.39, 0.29) is 5.82 Å². The Hall–Kier alpha value is -2.48. The third-order valence-corrected chi connectivity index (χ3v) is 3.53. The van der Waals surface area contributed by atoms with Gasteiger partial charge in [0, 0.05) is 11.8 Å². The number of aromatic nitrogens is 1. The van der Waals surface area contributed by atoms with E-state index in [9.17, 15) is 4.39 Å². The van der Waals surface area contributed by atoms with E-state index in [2.05, 4.69) is 17.1 Å². The molecule has 0 radical (unpaired) electrons. The first-order valence-electron chi connectivity index (χ1n) is 7.07. The number of benzene rings is 2. The van der Waals surface area contributed by atoms with Gasteiger partial charge >= 0.3 is 0 Å². The molecule has 0 amide bonds. The standard InChI is InChI=1S/C19H16FN/c20-17-8-5-6-15(14-17)11-12-16-7-1-2-9-18(16)19-10-3-4-13-21-19/h1-10,13-14H,11-12H2. The maximum Gasteiger partial charge on any atom is 0.123 e. The molecular weight excluding hydrogens is 261 g/mol. The Morgan fingerprint density at radius 3 is 2.48 bits per heavy atom. The minimum absolute atomic E-state index is 0.175. The van der Waals surface area contributed by atoms with Crippen LogP contribution in [0.4, 0.5) is 4.39 Å². The lowest BCUT2D eigenvalue weighted by Crippen LogP contribution is -1.95. The van der Waals surface area contributed by atoms with Gasteiger partial charge in [0.25, 0.3) is 0 Å². The molecule has 0 fully saturated rings. The number of hydrogen-bond acceptors (Lipinski definition) is 1. The molecule has 0 N–H and O–H groups in total. The molecule has 1 aromatic heterocycles. The number of hydrogen-bond donors (Lipinski definition) is 0. The maximum atomic E-state index is 13.2. The molecule has 1 nitrogen and oxygen atoms in total. The number of rotatable bonds is 4. The summed E-state index contributed by atoms with van der Waals surface area (Å²) < 4.78 is 13.2. The smallest absolute Gasteiger partial charge is 0.123 e. The van der Waals surface area contributed by atoms with Crippen LogP contribution in [0.25, 0.3) is 11.3 Å². The predicted molar refractivity (Wildman–Crippen MR) is 83.5 cm³/mol. The van der Waals surface area contributed by atoms with Crippen molar-refractivity contribution in [3.8, 4) is 11.3 Å². The molecule has 21 heavy (non-hydrogen) atoms. The number of halogens is 1. The fraction of sp³-hybridized carbons (Fsp3) is 0.105. The highest BCUT2D eigenvalue weighted by molar-refractivity contribution is 5.63. The van der Waals surface area contributed by atoms with E-state index >= 15 is 0 Å². The van der Waals surface area contributed by atoms with Gasteiger partial charge in [-0.25, -0.2) is 4.39 Å². The molecular formula is C19H16FN. The van der Waals surface area contributed by atoms with E-state index in [1.807, 2.05) is 36.4 Å². The summed E-state index contributed by atoms with van der Waals surface area (Å²) in [6.07, 6.45) is 3.50. The van der Waals surface area contributed by atoms with Gasteiger partial charge in [0.1, 0.15) is 5.82 Å². The summed E-state index contributed by atoms with van der Waals surface area (Å²) in [7, 11) is 0. The summed E-state index contributed by atoms with van der Waals surface area (Å²) in [6, 6.07) is 21.0. The molecule has 0 spiro atoms. The Bertz CT molecular complexity index is 722. The van der Waals surface area contributed by atoms with Crippen LogP contribution in [0, 0.1) is 5.82 Å². The molecule has 3 rings (SSSR count). The van der Waals surface area contributed by atoms with E-state index in [1.165, 1.54) is 11.6 Å². The van der Waals surface area contributed by atoms with E-state index in [1.54, 1.807) is 18.3 Å². The normalized spacial score (nSPS) is 10.5. The van der Waals surface area contributed by atoms with E-state index in [0.717, 1.165) is 29.7 Å². The maximum absolute atomic E-state index is 13.2. The Morgan fingerprint density at radius 1 is 0.810 bits per heavy atom. The van der Waals surface area contributed by atoms with E-state index in [4.69, 9.17) is 0 Å². The minimum Gasteiger partial charge on any atom is -0.256 e. The van der Waals surface area contributed by atoms with Gasteiger partial charge in [-0.1, -0.05) is 42.5 Å². The van der Waals surface area contributed by atoms with Crippen LogP contribution in [0.5, 0.6) is 0 Å². The first-order valence-corrected chi connectivity index (χ1v) is 7.07. The summed E-state index contributed by atoms with van der Waals surface area (Å²) in [5, 5.41) is 0. The number of pyridine rings is 1. The number of aryl methyl sites for hydroxylation is 2. The Kier molecular flexibility index (Phi) is 4.06. The fourth-order valence-electron chi connectivity index (χ4n) is 2.48. The van der Waals surface area contributed by atoms with Crippen molar-refractivity contribution in [2.24, 2.45) is 0 Å². The highest BCUT2D eigenvalue weighted by atomic mass is 19.1. The van der Waals surface area contributed by atoms with E-state index < -0.39 is 0 Å². The molecule has 2 aromatic carbocycles. The molecule has 0 saturated heterocycles. The molecule has 0 bridgehead atoms. The summed E-state index contributed by atoms with van der Waals surface area (Å²) in [6.45, 7) is 0. The second-order valence-electron chi connectivity index (χ2n) is 5.00. The predicted octanol–water partition coefficient (Wildman–Crippen LogP) is 4.67. The highest BCUT2D eigenvalue weighted by Gasteiger charge is 2.06. The third kappa shape index (κ3) is 3.34. The lowest BCUT2D eigenvalue weighted by atomic mass is 9.98. The summed E-state index contributed by atoms with van der Waals surface area (Å²) in [5.41, 5.74) is 4.38. The monoisotopic (exact) mass is 277 g/mol. The first-order chi connectivity index (χ1) is 10.3. The molecule has 3 aromatic rings. The molecule has 0 saturated carbocycles. The van der Waals surface area contributed by atoms with Crippen LogP contribution in [0.3, 0.4) is 0 Å². The second kappa shape index (κ2) is 6.31. The van der Waals surface area contributed by atoms with Crippen LogP contribution in [-0.4, -0.2) is 4.98 Å². The topological polar surface area (TPSA) is 12.9 Å². The fourth-order valence-corrected chi connectivity index (χ4v) is 2.48. The van der Waals surface area contributed by atoms with Gasteiger partial charge in [0.15, 0.2) is 0 Å². The second-order valence-corrected chi connectivity index (χ2v) is 5.00. The van der Waals surface area contributed by atoms with Gasteiger partial charge in [0.2, 0.25) is 0 Å². The summed E-state index contributed by atoms with van der Waals surface area (Å²) >= 11 is 0. The van der Waals surface area contributed by atoms with Crippen LogP contribution >= 0.6 is 0 Å². The van der Waals surface area contributed by atoms with Crippen molar-refractivity contribution in [2.75, 3.05) is 0 Å². The van der Waals surface area contributed by atoms with Crippen molar-refractivity contribution in [3.63, 3.8) is 0 Å². The zero-order chi connectivity index (χ0) is 14.5. The summed E-state index contributed by atoms with van der Waals surface area (Å²) in [5.74, 6) is -0.175. The first kappa shape index (κ1) is 13.5. The molecule has 0 aliphatic rings. The lowest BCUT2D eigenvalue weighted by molar-refractivity contribution is 0.625. The van der Waals surface area contributed by atoms with Crippen molar-refractivity contribution < 1.29 is 4.39 Å². The number of nitrogens with zero attached hydrogens (tertiary/aromatic N) is 1. The average Bonchev–Trinajstić information content (AvgIpc) is 2.54. The van der Waals surface area contributed by atoms with Crippen LogP contribution < -0.4 is 0 Å². The SMILES string of the molecule is Fc1cccc(CCc2ccccc2-c2ccccn2)c1. The van der Waals surface area contributed by atoms with Crippen molar-refractivity contribution in [2.45, 2.75) is 12.8 Å². The molecule has 104 valence electrons. The van der Waals surface area contributed by atoms with Gasteiger partial charge in [0.05, 0.1) is 5.69 Å². The quantitative estimate of drug-likeness (QED) is 0.675. The van der Waals surface area contributed by atoms with Crippen LogP contribution in [0.1, 0.15) is 11.1 Å². The Labute approximate surface area is 124 Å². The van der Waals surface area contributed by atoms with Crippen LogP contribution in [0.2, 0.25) is 0 Å². The minimum atomic E-state index is -0.175. The average molecular weight is 277 g/mol. The van der Waals surface area contributed by atoms with Crippen molar-refractivity contribution >= 4 is 0 Å². The molecule has 2 heteroatoms. The van der Waals surface area contributed by atoms with Crippen molar-refractivity contribution in [3.05, 3.63) is 89.9 Å². The van der Waals surface area contributed by atoms with Gasteiger partial charge in [-0.2, -0.15) is 0 Å². The summed E-state index contributed by atoms with van der Waals surface area (Å²) in [4.78, 5) is 4.42. The van der Waals surface area contributed by atoms with Crippen molar-refractivity contribution in [1.82, 2.24) is 4.98 Å². The largest absolute Gasteiger partial charge is 0.256 e.